The van der Waals surface area contributed by atoms with Crippen LogP contribution in [-0.4, -0.2) is 40.1 Å². The van der Waals surface area contributed by atoms with Crippen molar-refractivity contribution in [3.63, 3.8) is 0 Å². The molecule has 1 fully saturated rings. The number of amides is 2. The van der Waals surface area contributed by atoms with Gasteiger partial charge in [0.15, 0.2) is 0 Å². The minimum atomic E-state index is -0.102. The van der Waals surface area contributed by atoms with Crippen LogP contribution in [0.15, 0.2) is 41.1 Å². The van der Waals surface area contributed by atoms with Crippen LogP contribution in [0.5, 0.6) is 6.01 Å². The second-order valence-electron chi connectivity index (χ2n) is 5.76. The molecule has 2 amide bonds. The van der Waals surface area contributed by atoms with E-state index in [1.807, 2.05) is 31.2 Å². The maximum Gasteiger partial charge on any atom is 0.321 e. The maximum absolute atomic E-state index is 12.5. The summed E-state index contributed by atoms with van der Waals surface area (Å²) >= 11 is 3.29. The molecule has 0 spiro atoms. The van der Waals surface area contributed by atoms with Gasteiger partial charge in [0.25, 0.3) is 0 Å². The predicted octanol–water partition coefficient (Wildman–Crippen LogP) is 3.62. The van der Waals surface area contributed by atoms with Crippen molar-refractivity contribution in [2.75, 3.05) is 18.4 Å². The van der Waals surface area contributed by atoms with Crippen LogP contribution in [0.4, 0.5) is 10.5 Å². The molecule has 1 aliphatic heterocycles. The number of nitrogens with zero attached hydrogens (tertiary/aromatic N) is 3. The number of likely N-dealkylation sites (tertiary alicyclic amines) is 1. The first kappa shape index (κ1) is 16.7. The van der Waals surface area contributed by atoms with Gasteiger partial charge >= 0.3 is 12.0 Å². The summed E-state index contributed by atoms with van der Waals surface area (Å²) in [7, 11) is 0. The lowest BCUT2D eigenvalue weighted by Gasteiger charge is -2.32. The number of anilines is 1. The van der Waals surface area contributed by atoms with Crippen molar-refractivity contribution in [1.82, 2.24) is 14.9 Å². The number of nitrogens with one attached hydrogen (secondary N) is 1. The summed E-state index contributed by atoms with van der Waals surface area (Å²) in [4.78, 5) is 22.5. The monoisotopic (exact) mass is 390 g/mol. The van der Waals surface area contributed by atoms with Crippen molar-refractivity contribution in [3.05, 3.63) is 46.7 Å². The van der Waals surface area contributed by atoms with E-state index >= 15 is 0 Å². The van der Waals surface area contributed by atoms with Gasteiger partial charge in [-0.05, 0) is 47.3 Å². The van der Waals surface area contributed by atoms with Crippen molar-refractivity contribution < 1.29 is 9.53 Å². The molecule has 24 heavy (non-hydrogen) atoms. The topological polar surface area (TPSA) is 67.4 Å². The van der Waals surface area contributed by atoms with E-state index in [-0.39, 0.29) is 12.1 Å². The molecule has 0 aliphatic carbocycles. The van der Waals surface area contributed by atoms with Crippen LogP contribution >= 0.6 is 15.9 Å². The Morgan fingerprint density at radius 1 is 1.33 bits per heavy atom. The molecular formula is C17H19BrN4O2. The molecule has 1 aliphatic rings. The zero-order valence-corrected chi connectivity index (χ0v) is 15.0. The second kappa shape index (κ2) is 7.61. The Kier molecular flexibility index (Phi) is 5.30. The fourth-order valence-electron chi connectivity index (χ4n) is 2.64. The number of piperidine rings is 1. The number of hydrogen-bond donors (Lipinski definition) is 1. The normalized spacial score (nSPS) is 17.4. The van der Waals surface area contributed by atoms with E-state index in [2.05, 4.69) is 31.2 Å². The molecule has 1 aromatic heterocycles. The summed E-state index contributed by atoms with van der Waals surface area (Å²) in [5, 5.41) is 2.97. The quantitative estimate of drug-likeness (QED) is 0.868. The Balaban J connectivity index is 1.59. The van der Waals surface area contributed by atoms with Gasteiger partial charge in [0.05, 0.1) is 11.0 Å². The Hall–Kier alpha value is -2.15. The lowest BCUT2D eigenvalue weighted by Crippen LogP contribution is -2.46. The molecule has 7 heteroatoms. The molecule has 1 saturated heterocycles. The molecule has 0 bridgehead atoms. The number of halogens is 1. The van der Waals surface area contributed by atoms with Crippen LogP contribution in [-0.2, 0) is 0 Å². The van der Waals surface area contributed by atoms with Crippen LogP contribution < -0.4 is 10.1 Å². The van der Waals surface area contributed by atoms with Crippen molar-refractivity contribution in [2.45, 2.75) is 25.9 Å². The molecule has 1 atom stereocenters. The minimum Gasteiger partial charge on any atom is -0.458 e. The fraction of sp³-hybridized carbons (Fsp3) is 0.353. The Labute approximate surface area is 149 Å². The lowest BCUT2D eigenvalue weighted by atomic mass is 10.1. The highest BCUT2D eigenvalue weighted by Gasteiger charge is 2.25. The third-order valence-electron chi connectivity index (χ3n) is 3.92. The second-order valence-corrected chi connectivity index (χ2v) is 6.67. The highest BCUT2D eigenvalue weighted by atomic mass is 79.9. The van der Waals surface area contributed by atoms with Crippen LogP contribution in [0.25, 0.3) is 0 Å². The number of carbonyl (C=O) groups excluding carboxylic acids is 1. The number of ether oxygens (including phenoxy) is 1. The van der Waals surface area contributed by atoms with E-state index < -0.39 is 0 Å². The zero-order chi connectivity index (χ0) is 16.9. The van der Waals surface area contributed by atoms with Crippen molar-refractivity contribution in [1.29, 1.82) is 0 Å². The molecule has 1 unspecified atom stereocenters. The summed E-state index contributed by atoms with van der Waals surface area (Å²) in [6, 6.07) is 7.98. The lowest BCUT2D eigenvalue weighted by molar-refractivity contribution is 0.0982. The molecule has 0 saturated carbocycles. The third-order valence-corrected chi connectivity index (χ3v) is 4.33. The third kappa shape index (κ3) is 4.23. The van der Waals surface area contributed by atoms with E-state index in [0.717, 1.165) is 35.1 Å². The summed E-state index contributed by atoms with van der Waals surface area (Å²) in [5.74, 6) is 0. The van der Waals surface area contributed by atoms with Gasteiger partial charge in [-0.15, -0.1) is 0 Å². The van der Waals surface area contributed by atoms with Gasteiger partial charge in [-0.1, -0.05) is 18.2 Å². The molecule has 0 radical (unpaired) electrons. The van der Waals surface area contributed by atoms with Gasteiger partial charge in [-0.3, -0.25) is 0 Å². The van der Waals surface area contributed by atoms with Gasteiger partial charge in [0.2, 0.25) is 0 Å². The molecule has 1 N–H and O–H groups in total. The maximum atomic E-state index is 12.5. The smallest absolute Gasteiger partial charge is 0.321 e. The Bertz CT molecular complexity index is 708. The standard InChI is InChI=1S/C17H19BrN4O2/c1-12-5-2-3-7-15(12)21-17(23)22-8-4-6-14(11-22)24-16-19-9-13(18)10-20-16/h2-3,5,7,9-10,14H,4,6,8,11H2,1H3,(H,21,23). The molecule has 2 aromatic rings. The highest BCUT2D eigenvalue weighted by molar-refractivity contribution is 9.10. The fourth-order valence-corrected chi connectivity index (χ4v) is 2.84. The largest absolute Gasteiger partial charge is 0.458 e. The Morgan fingerprint density at radius 3 is 2.83 bits per heavy atom. The number of benzene rings is 1. The van der Waals surface area contributed by atoms with E-state index in [4.69, 9.17) is 4.74 Å². The van der Waals surface area contributed by atoms with E-state index in [9.17, 15) is 4.79 Å². The number of para-hydroxylation sites is 1. The van der Waals surface area contributed by atoms with E-state index in [1.165, 1.54) is 0 Å². The first-order valence-electron chi connectivity index (χ1n) is 7.87. The van der Waals surface area contributed by atoms with Gasteiger partial charge in [-0.25, -0.2) is 14.8 Å². The molecule has 6 nitrogen and oxygen atoms in total. The number of urea groups is 1. The van der Waals surface area contributed by atoms with Crippen molar-refractivity contribution >= 4 is 27.6 Å². The number of rotatable bonds is 3. The summed E-state index contributed by atoms with van der Waals surface area (Å²) in [5.41, 5.74) is 1.88. The van der Waals surface area contributed by atoms with Gasteiger partial charge in [0, 0.05) is 24.6 Å². The summed E-state index contributed by atoms with van der Waals surface area (Å²) in [6.45, 7) is 3.22. The summed E-state index contributed by atoms with van der Waals surface area (Å²) < 4.78 is 6.60. The zero-order valence-electron chi connectivity index (χ0n) is 13.4. The first-order chi connectivity index (χ1) is 11.6. The highest BCUT2D eigenvalue weighted by Crippen LogP contribution is 2.19. The molecule has 126 valence electrons. The van der Waals surface area contributed by atoms with E-state index in [0.29, 0.717) is 12.6 Å². The van der Waals surface area contributed by atoms with Crippen molar-refractivity contribution in [2.24, 2.45) is 0 Å². The number of hydrogen-bond acceptors (Lipinski definition) is 4. The average Bonchev–Trinajstić information content (AvgIpc) is 2.59. The average molecular weight is 391 g/mol. The minimum absolute atomic E-state index is 0.0949. The molecule has 3 rings (SSSR count). The SMILES string of the molecule is Cc1ccccc1NC(=O)N1CCCC(Oc2ncc(Br)cn2)C1. The van der Waals surface area contributed by atoms with Gasteiger partial charge in [0.1, 0.15) is 6.10 Å². The summed E-state index contributed by atoms with van der Waals surface area (Å²) in [6.07, 6.45) is 4.97. The molecule has 1 aromatic carbocycles. The van der Waals surface area contributed by atoms with Crippen LogP contribution in [0.3, 0.4) is 0 Å². The van der Waals surface area contributed by atoms with Crippen LogP contribution in [0.1, 0.15) is 18.4 Å². The molecule has 2 heterocycles. The number of aromatic nitrogens is 2. The first-order valence-corrected chi connectivity index (χ1v) is 8.67. The van der Waals surface area contributed by atoms with Gasteiger partial charge in [-0.2, -0.15) is 0 Å². The number of carbonyl (C=O) groups is 1. The Morgan fingerprint density at radius 2 is 2.08 bits per heavy atom. The van der Waals surface area contributed by atoms with Gasteiger partial charge < -0.3 is 15.0 Å². The number of aryl methyl sites for hydroxylation is 1. The van der Waals surface area contributed by atoms with E-state index in [1.54, 1.807) is 17.3 Å². The van der Waals surface area contributed by atoms with Crippen LogP contribution in [0, 0.1) is 6.92 Å². The van der Waals surface area contributed by atoms with Crippen LogP contribution in [0.2, 0.25) is 0 Å². The van der Waals surface area contributed by atoms with Crippen molar-refractivity contribution in [3.8, 4) is 6.01 Å². The predicted molar refractivity (Wildman–Crippen MR) is 95.2 cm³/mol. The molecular weight excluding hydrogens is 372 g/mol.